The minimum Gasteiger partial charge on any atom is -0.299 e. The Hall–Kier alpha value is -0.590. The highest BCUT2D eigenvalue weighted by Gasteiger charge is 2.26. The van der Waals surface area contributed by atoms with E-state index in [1.807, 2.05) is 0 Å². The highest BCUT2D eigenvalue weighted by molar-refractivity contribution is 5.85. The van der Waals surface area contributed by atoms with Gasteiger partial charge in [-0.05, 0) is 26.2 Å². The Kier molecular flexibility index (Phi) is 2.71. The zero-order valence-electron chi connectivity index (χ0n) is 8.31. The van der Waals surface area contributed by atoms with Gasteiger partial charge < -0.3 is 0 Å². The van der Waals surface area contributed by atoms with Crippen LogP contribution in [0.1, 0.15) is 46.5 Å². The van der Waals surface area contributed by atoms with E-state index in [4.69, 9.17) is 0 Å². The van der Waals surface area contributed by atoms with Gasteiger partial charge in [-0.25, -0.2) is 0 Å². The molecule has 0 saturated carbocycles. The van der Waals surface area contributed by atoms with E-state index in [1.54, 1.807) is 0 Å². The van der Waals surface area contributed by atoms with Gasteiger partial charge in [-0.3, -0.25) is 4.79 Å². The summed E-state index contributed by atoms with van der Waals surface area (Å²) in [5.41, 5.74) is 1.29. The van der Waals surface area contributed by atoms with E-state index in [-0.39, 0.29) is 5.41 Å². The Balaban J connectivity index is 2.73. The number of Topliss-reactive ketones (excluding diaryl/α,β-unsaturated/α-hetero) is 1. The molecule has 0 aromatic heterocycles. The van der Waals surface area contributed by atoms with Gasteiger partial charge in [0.15, 0.2) is 0 Å². The lowest BCUT2D eigenvalue weighted by Crippen LogP contribution is -2.24. The summed E-state index contributed by atoms with van der Waals surface area (Å²) in [6.45, 7) is 6.24. The van der Waals surface area contributed by atoms with Crippen molar-refractivity contribution in [1.29, 1.82) is 0 Å². The van der Waals surface area contributed by atoms with Gasteiger partial charge in [0, 0.05) is 11.8 Å². The van der Waals surface area contributed by atoms with E-state index in [0.29, 0.717) is 12.2 Å². The molecule has 0 amide bonds. The molecule has 1 nitrogen and oxygen atoms in total. The topological polar surface area (TPSA) is 17.1 Å². The molecule has 0 aromatic rings. The fraction of sp³-hybridized carbons (Fsp3) is 0.727. The Morgan fingerprint density at radius 3 is 2.75 bits per heavy atom. The van der Waals surface area contributed by atoms with Crippen LogP contribution in [0.4, 0.5) is 0 Å². The van der Waals surface area contributed by atoms with Gasteiger partial charge in [0.1, 0.15) is 5.78 Å². The minimum absolute atomic E-state index is 0.0861. The third kappa shape index (κ3) is 2.20. The highest BCUT2D eigenvalue weighted by atomic mass is 16.1. The molecule has 0 saturated heterocycles. The second-order valence-corrected chi connectivity index (χ2v) is 4.42. The predicted molar refractivity (Wildman–Crippen MR) is 51.0 cm³/mol. The second kappa shape index (κ2) is 3.42. The fourth-order valence-electron chi connectivity index (χ4n) is 1.59. The molecule has 12 heavy (non-hydrogen) atoms. The van der Waals surface area contributed by atoms with E-state index in [2.05, 4.69) is 26.8 Å². The lowest BCUT2D eigenvalue weighted by molar-refractivity contribution is -0.126. The van der Waals surface area contributed by atoms with E-state index < -0.39 is 0 Å². The molecule has 0 bridgehead atoms. The molecule has 0 radical (unpaired) electrons. The van der Waals surface area contributed by atoms with Crippen LogP contribution in [0, 0.1) is 5.41 Å². The number of rotatable bonds is 0. The van der Waals surface area contributed by atoms with Crippen molar-refractivity contribution in [1.82, 2.24) is 0 Å². The van der Waals surface area contributed by atoms with Gasteiger partial charge in [-0.15, -0.1) is 0 Å². The summed E-state index contributed by atoms with van der Waals surface area (Å²) in [7, 11) is 0. The summed E-state index contributed by atoms with van der Waals surface area (Å²) in [4.78, 5) is 11.6. The Morgan fingerprint density at radius 2 is 2.08 bits per heavy atom. The molecular weight excluding hydrogens is 148 g/mol. The molecule has 0 aromatic carbocycles. The van der Waals surface area contributed by atoms with Crippen molar-refractivity contribution >= 4 is 5.78 Å². The van der Waals surface area contributed by atoms with Crippen LogP contribution in [-0.4, -0.2) is 5.78 Å². The average Bonchev–Trinajstić information content (AvgIpc) is 1.98. The van der Waals surface area contributed by atoms with E-state index in [0.717, 1.165) is 19.3 Å². The van der Waals surface area contributed by atoms with Crippen molar-refractivity contribution in [3.8, 4) is 0 Å². The molecular formula is C11H18O. The lowest BCUT2D eigenvalue weighted by Gasteiger charge is -2.24. The number of ketones is 1. The third-order valence-corrected chi connectivity index (χ3v) is 2.76. The van der Waals surface area contributed by atoms with Crippen molar-refractivity contribution in [2.24, 2.45) is 5.41 Å². The first kappa shape index (κ1) is 9.50. The molecule has 0 aliphatic heterocycles. The Labute approximate surface area is 74.9 Å². The van der Waals surface area contributed by atoms with Crippen LogP contribution in [0.5, 0.6) is 0 Å². The minimum atomic E-state index is -0.0861. The zero-order chi connectivity index (χ0) is 9.19. The summed E-state index contributed by atoms with van der Waals surface area (Å²) in [6, 6.07) is 0. The summed E-state index contributed by atoms with van der Waals surface area (Å²) >= 11 is 0. The predicted octanol–water partition coefficient (Wildman–Crippen LogP) is 3.10. The molecule has 1 aliphatic carbocycles. The summed E-state index contributed by atoms with van der Waals surface area (Å²) < 4.78 is 0. The second-order valence-electron chi connectivity index (χ2n) is 4.42. The molecule has 68 valence electrons. The smallest absolute Gasteiger partial charge is 0.142 e. The van der Waals surface area contributed by atoms with Gasteiger partial charge in [0.05, 0.1) is 0 Å². The standard InChI is InChI=1S/C11H18O/c1-9-5-4-8-11(2,3)10(12)7-6-9/h6H,4-5,7-8H2,1-3H3. The summed E-state index contributed by atoms with van der Waals surface area (Å²) in [6.07, 6.45) is 6.08. The zero-order valence-corrected chi connectivity index (χ0v) is 8.31. The van der Waals surface area contributed by atoms with E-state index in [1.165, 1.54) is 5.57 Å². The number of hydrogen-bond donors (Lipinski definition) is 0. The molecule has 0 spiro atoms. The lowest BCUT2D eigenvalue weighted by atomic mass is 9.79. The largest absolute Gasteiger partial charge is 0.299 e. The SMILES string of the molecule is CC1=CCC(=O)C(C)(C)CCC1. The van der Waals surface area contributed by atoms with Crippen LogP contribution < -0.4 is 0 Å². The monoisotopic (exact) mass is 166 g/mol. The maximum Gasteiger partial charge on any atom is 0.142 e. The molecule has 0 N–H and O–H groups in total. The van der Waals surface area contributed by atoms with Crippen LogP contribution in [-0.2, 0) is 4.79 Å². The summed E-state index contributed by atoms with van der Waals surface area (Å²) in [5, 5.41) is 0. The van der Waals surface area contributed by atoms with E-state index >= 15 is 0 Å². The van der Waals surface area contributed by atoms with Gasteiger partial charge in [-0.1, -0.05) is 25.5 Å². The molecule has 1 aliphatic rings. The first-order chi connectivity index (χ1) is 5.52. The van der Waals surface area contributed by atoms with Crippen LogP contribution in [0.3, 0.4) is 0 Å². The molecule has 1 rings (SSSR count). The van der Waals surface area contributed by atoms with Gasteiger partial charge in [0.25, 0.3) is 0 Å². The maximum absolute atomic E-state index is 11.6. The molecule has 0 fully saturated rings. The first-order valence-electron chi connectivity index (χ1n) is 4.71. The molecule has 1 heteroatoms. The number of allylic oxidation sites excluding steroid dienone is 2. The average molecular weight is 166 g/mol. The van der Waals surface area contributed by atoms with Crippen molar-refractivity contribution in [3.05, 3.63) is 11.6 Å². The number of carbonyl (C=O) groups excluding carboxylic acids is 1. The molecule has 0 heterocycles. The van der Waals surface area contributed by atoms with Crippen LogP contribution in [0.15, 0.2) is 11.6 Å². The number of hydrogen-bond acceptors (Lipinski definition) is 1. The Bertz CT molecular complexity index is 211. The molecule has 0 unspecified atom stereocenters. The van der Waals surface area contributed by atoms with Crippen LogP contribution in [0.25, 0.3) is 0 Å². The van der Waals surface area contributed by atoms with Crippen LogP contribution >= 0.6 is 0 Å². The van der Waals surface area contributed by atoms with Crippen LogP contribution in [0.2, 0.25) is 0 Å². The quantitative estimate of drug-likeness (QED) is 0.505. The Morgan fingerprint density at radius 1 is 1.42 bits per heavy atom. The normalized spacial score (nSPS) is 24.2. The van der Waals surface area contributed by atoms with Crippen molar-refractivity contribution in [2.45, 2.75) is 46.5 Å². The first-order valence-corrected chi connectivity index (χ1v) is 4.71. The van der Waals surface area contributed by atoms with Crippen molar-refractivity contribution in [2.75, 3.05) is 0 Å². The highest BCUT2D eigenvalue weighted by Crippen LogP contribution is 2.29. The fourth-order valence-corrected chi connectivity index (χ4v) is 1.59. The maximum atomic E-state index is 11.6. The molecule has 0 atom stereocenters. The van der Waals surface area contributed by atoms with E-state index in [9.17, 15) is 4.79 Å². The van der Waals surface area contributed by atoms with Gasteiger partial charge in [-0.2, -0.15) is 0 Å². The van der Waals surface area contributed by atoms with Gasteiger partial charge >= 0.3 is 0 Å². The number of carbonyl (C=O) groups is 1. The van der Waals surface area contributed by atoms with Crippen molar-refractivity contribution in [3.63, 3.8) is 0 Å². The van der Waals surface area contributed by atoms with Crippen molar-refractivity contribution < 1.29 is 4.79 Å². The third-order valence-electron chi connectivity index (χ3n) is 2.76. The summed E-state index contributed by atoms with van der Waals surface area (Å²) in [5.74, 6) is 0.390. The van der Waals surface area contributed by atoms with Gasteiger partial charge in [0.2, 0.25) is 0 Å².